The number of nitrogens with zero attached hydrogens (tertiary/aromatic N) is 2. The van der Waals surface area contributed by atoms with E-state index in [-0.39, 0.29) is 63.3 Å². The van der Waals surface area contributed by atoms with Crippen LogP contribution in [0.5, 0.6) is 5.75 Å². The fraction of sp³-hybridized carbons (Fsp3) is 0.805. The number of esters is 2. The Hall–Kier alpha value is -2.12. The van der Waals surface area contributed by atoms with Gasteiger partial charge in [-0.2, -0.15) is 0 Å². The van der Waals surface area contributed by atoms with Crippen LogP contribution in [0.15, 0.2) is 12.1 Å². The minimum absolute atomic E-state index is 0.165. The number of hydrogen-bond acceptors (Lipinski definition) is 7. The predicted molar refractivity (Wildman–Crippen MR) is 194 cm³/mol. The average molecular weight is 669 g/mol. The van der Waals surface area contributed by atoms with Crippen LogP contribution in [0.1, 0.15) is 152 Å². The van der Waals surface area contributed by atoms with Gasteiger partial charge >= 0.3 is 11.9 Å². The van der Waals surface area contributed by atoms with Crippen molar-refractivity contribution in [1.29, 1.82) is 0 Å². The molecule has 7 nitrogen and oxygen atoms in total. The standard InChI is InChI=1S/C41H68N2O5/c1-35(2,3)30-19-26(20-31(32(30)44)36(4,5)6)21-41(27-17-18-27,33(45)47-28-22-37(7,8)42(15)38(9,10)23-28)34(46)48-29-24-39(11,12)43(16)40(13,14)25-29/h19-20,27-29,44H,17-18,21-25H2,1-16H3. The van der Waals surface area contributed by atoms with Gasteiger partial charge in [0.05, 0.1) is 0 Å². The van der Waals surface area contributed by atoms with Gasteiger partial charge in [0.1, 0.15) is 18.0 Å². The number of piperidine rings is 2. The van der Waals surface area contributed by atoms with Crippen molar-refractivity contribution in [1.82, 2.24) is 9.80 Å². The molecule has 0 unspecified atom stereocenters. The van der Waals surface area contributed by atoms with Crippen LogP contribution >= 0.6 is 0 Å². The van der Waals surface area contributed by atoms with Crippen molar-refractivity contribution in [3.63, 3.8) is 0 Å². The highest BCUT2D eigenvalue weighted by Gasteiger charge is 2.61. The molecule has 1 N–H and O–H groups in total. The molecule has 3 aliphatic rings. The Kier molecular flexibility index (Phi) is 9.90. The molecule has 2 aliphatic heterocycles. The van der Waals surface area contributed by atoms with Crippen molar-refractivity contribution in [2.24, 2.45) is 11.3 Å². The molecular weight excluding hydrogens is 600 g/mol. The highest BCUT2D eigenvalue weighted by Crippen LogP contribution is 2.52. The summed E-state index contributed by atoms with van der Waals surface area (Å²) < 4.78 is 13.1. The number of rotatable bonds is 7. The first-order valence-electron chi connectivity index (χ1n) is 18.3. The van der Waals surface area contributed by atoms with Gasteiger partial charge in [0.15, 0.2) is 5.41 Å². The normalized spacial score (nSPS) is 23.9. The molecule has 0 radical (unpaired) electrons. The van der Waals surface area contributed by atoms with Gasteiger partial charge in [-0.05, 0) is 122 Å². The minimum atomic E-state index is -1.48. The van der Waals surface area contributed by atoms with E-state index in [1.165, 1.54) is 0 Å². The zero-order valence-electron chi connectivity index (χ0n) is 33.3. The summed E-state index contributed by atoms with van der Waals surface area (Å²) in [6, 6.07) is 4.01. The van der Waals surface area contributed by atoms with E-state index in [0.717, 1.165) is 29.5 Å². The van der Waals surface area contributed by atoms with Crippen LogP contribution in [0.25, 0.3) is 0 Å². The van der Waals surface area contributed by atoms with Crippen molar-refractivity contribution in [3.8, 4) is 5.75 Å². The molecule has 1 aliphatic carbocycles. The van der Waals surface area contributed by atoms with E-state index in [1.807, 2.05) is 12.1 Å². The van der Waals surface area contributed by atoms with Gasteiger partial charge in [0.2, 0.25) is 0 Å². The van der Waals surface area contributed by atoms with Gasteiger partial charge in [-0.1, -0.05) is 53.7 Å². The second-order valence-corrected chi connectivity index (χ2v) is 20.2. The first-order valence-corrected chi connectivity index (χ1v) is 18.3. The molecule has 0 atom stereocenters. The summed E-state index contributed by atoms with van der Waals surface area (Å²) in [6.07, 6.45) is 3.84. The van der Waals surface area contributed by atoms with Crippen LogP contribution in [0.3, 0.4) is 0 Å². The Labute approximate surface area is 292 Å². The lowest BCUT2D eigenvalue weighted by atomic mass is 9.73. The van der Waals surface area contributed by atoms with E-state index < -0.39 is 17.4 Å². The molecule has 4 rings (SSSR count). The SMILES string of the molecule is CN1C(C)(C)CC(OC(=O)C(Cc2cc(C(C)(C)C)c(O)c(C(C)(C)C)c2)(C(=O)OC2CC(C)(C)N(C)C(C)(C)C2)C2CC2)CC1(C)C. The summed E-state index contributed by atoms with van der Waals surface area (Å²) in [7, 11) is 4.28. The monoisotopic (exact) mass is 669 g/mol. The topological polar surface area (TPSA) is 79.3 Å². The number of aromatic hydroxyl groups is 1. The van der Waals surface area contributed by atoms with Gasteiger partial charge in [0, 0.05) is 47.8 Å². The van der Waals surface area contributed by atoms with Crippen molar-refractivity contribution in [3.05, 3.63) is 28.8 Å². The van der Waals surface area contributed by atoms with Crippen LogP contribution < -0.4 is 0 Å². The lowest BCUT2D eigenvalue weighted by Crippen LogP contribution is -2.61. The Morgan fingerprint density at radius 2 is 1.00 bits per heavy atom. The summed E-state index contributed by atoms with van der Waals surface area (Å²) in [5.74, 6) is -0.787. The second-order valence-electron chi connectivity index (χ2n) is 20.2. The van der Waals surface area contributed by atoms with Gasteiger partial charge in [-0.3, -0.25) is 19.4 Å². The smallest absolute Gasteiger partial charge is 0.324 e. The number of ether oxygens (including phenoxy) is 2. The van der Waals surface area contributed by atoms with Gasteiger partial charge in [-0.15, -0.1) is 0 Å². The number of carbonyl (C=O) groups is 2. The Balaban J connectivity index is 1.82. The predicted octanol–water partition coefficient (Wildman–Crippen LogP) is 8.32. The Bertz CT molecular complexity index is 1260. The maximum Gasteiger partial charge on any atom is 0.324 e. The summed E-state index contributed by atoms with van der Waals surface area (Å²) in [5, 5.41) is 11.5. The van der Waals surface area contributed by atoms with Crippen molar-refractivity contribution in [2.75, 3.05) is 14.1 Å². The fourth-order valence-electron chi connectivity index (χ4n) is 8.78. The number of carbonyl (C=O) groups excluding carboxylic acids is 2. The summed E-state index contributed by atoms with van der Waals surface area (Å²) in [5.41, 5.74) is -0.403. The molecule has 7 heteroatoms. The summed E-state index contributed by atoms with van der Waals surface area (Å²) in [6.45, 7) is 30.1. The van der Waals surface area contributed by atoms with Crippen LogP contribution in [0, 0.1) is 11.3 Å². The lowest BCUT2D eigenvalue weighted by molar-refractivity contribution is -0.189. The van der Waals surface area contributed by atoms with Crippen LogP contribution in [-0.2, 0) is 36.3 Å². The molecule has 272 valence electrons. The molecule has 3 fully saturated rings. The third-order valence-electron chi connectivity index (χ3n) is 12.4. The van der Waals surface area contributed by atoms with E-state index in [1.54, 1.807) is 0 Å². The Morgan fingerprint density at radius 3 is 1.27 bits per heavy atom. The Morgan fingerprint density at radius 1 is 0.688 bits per heavy atom. The number of benzene rings is 1. The van der Waals surface area contributed by atoms with E-state index in [4.69, 9.17) is 9.47 Å². The summed E-state index contributed by atoms with van der Waals surface area (Å²) in [4.78, 5) is 34.6. The quantitative estimate of drug-likeness (QED) is 0.231. The van der Waals surface area contributed by atoms with Gasteiger partial charge in [0.25, 0.3) is 0 Å². The lowest BCUT2D eigenvalue weighted by Gasteiger charge is -2.53. The minimum Gasteiger partial charge on any atom is -0.507 e. The molecule has 0 aromatic heterocycles. The zero-order valence-corrected chi connectivity index (χ0v) is 33.3. The van der Waals surface area contributed by atoms with Gasteiger partial charge in [-0.25, -0.2) is 0 Å². The first-order chi connectivity index (χ1) is 21.5. The van der Waals surface area contributed by atoms with Crippen LogP contribution in [0.4, 0.5) is 0 Å². The molecule has 48 heavy (non-hydrogen) atoms. The molecule has 0 bridgehead atoms. The highest BCUT2D eigenvalue weighted by atomic mass is 16.6. The molecule has 2 heterocycles. The molecule has 1 saturated carbocycles. The van der Waals surface area contributed by atoms with Gasteiger partial charge < -0.3 is 14.6 Å². The maximum absolute atomic E-state index is 14.9. The fourth-order valence-corrected chi connectivity index (χ4v) is 8.78. The van der Waals surface area contributed by atoms with E-state index in [2.05, 4.69) is 121 Å². The number of phenolic OH excluding ortho intramolecular Hbond substituents is 1. The number of phenols is 1. The molecule has 0 amide bonds. The van der Waals surface area contributed by atoms with Crippen molar-refractivity contribution >= 4 is 11.9 Å². The second kappa shape index (κ2) is 12.3. The first kappa shape index (κ1) is 38.7. The largest absolute Gasteiger partial charge is 0.507 e. The van der Waals surface area contributed by atoms with E-state index >= 15 is 0 Å². The van der Waals surface area contributed by atoms with Crippen LogP contribution in [-0.4, -0.2) is 75.3 Å². The third-order valence-corrected chi connectivity index (χ3v) is 12.4. The molecule has 0 spiro atoms. The van der Waals surface area contributed by atoms with E-state index in [9.17, 15) is 14.7 Å². The number of hydrogen-bond donors (Lipinski definition) is 1. The molecule has 2 saturated heterocycles. The summed E-state index contributed by atoms with van der Waals surface area (Å²) >= 11 is 0. The number of likely N-dealkylation sites (tertiary alicyclic amines) is 2. The zero-order chi connectivity index (χ0) is 36.6. The van der Waals surface area contributed by atoms with E-state index in [0.29, 0.717) is 25.7 Å². The molecular formula is C41H68N2O5. The van der Waals surface area contributed by atoms with Crippen molar-refractivity contribution < 1.29 is 24.2 Å². The maximum atomic E-state index is 14.9. The van der Waals surface area contributed by atoms with Crippen molar-refractivity contribution in [2.45, 2.75) is 187 Å². The molecule has 1 aromatic rings. The molecule has 1 aromatic carbocycles. The third kappa shape index (κ3) is 7.48. The highest BCUT2D eigenvalue weighted by molar-refractivity contribution is 6.01. The van der Waals surface area contributed by atoms with Crippen LogP contribution in [0.2, 0.25) is 0 Å². The average Bonchev–Trinajstić information content (AvgIpc) is 3.73.